The Bertz CT molecular complexity index is 493. The fourth-order valence-corrected chi connectivity index (χ4v) is 1.67. The van der Waals surface area contributed by atoms with Gasteiger partial charge in [0.1, 0.15) is 11.6 Å². The molecule has 0 aromatic carbocycles. The van der Waals surface area contributed by atoms with E-state index in [9.17, 15) is 0 Å². The highest BCUT2D eigenvalue weighted by atomic mass is 15.0. The Balaban J connectivity index is 2.36. The van der Waals surface area contributed by atoms with Crippen LogP contribution in [0.1, 0.15) is 26.6 Å². The molecule has 0 radical (unpaired) electrons. The molecule has 2 N–H and O–H groups in total. The molecule has 0 saturated carbocycles. The van der Waals surface area contributed by atoms with Crippen LogP contribution in [0.25, 0.3) is 11.2 Å². The van der Waals surface area contributed by atoms with Gasteiger partial charge in [-0.15, -0.1) is 0 Å². The molecule has 0 amide bonds. The Hall–Kier alpha value is -1.58. The zero-order chi connectivity index (χ0) is 11.8. The first-order valence-electron chi connectivity index (χ1n) is 5.51. The van der Waals surface area contributed by atoms with E-state index >= 15 is 0 Å². The summed E-state index contributed by atoms with van der Waals surface area (Å²) in [5, 5.41) is 3.01. The maximum absolute atomic E-state index is 4.50. The van der Waals surface area contributed by atoms with Crippen molar-refractivity contribution in [3.05, 3.63) is 18.0 Å². The van der Waals surface area contributed by atoms with Crippen LogP contribution in [0.2, 0.25) is 0 Å². The monoisotopic (exact) mass is 218 g/mol. The van der Waals surface area contributed by atoms with Gasteiger partial charge in [-0.3, -0.25) is 0 Å². The Labute approximate surface area is 95.5 Å². The normalized spacial score (nSPS) is 12.0. The summed E-state index contributed by atoms with van der Waals surface area (Å²) in [6.45, 7) is 6.60. The van der Waals surface area contributed by atoms with Crippen LogP contribution in [0.15, 0.2) is 12.1 Å². The summed E-state index contributed by atoms with van der Waals surface area (Å²) in [7, 11) is 1.86. The van der Waals surface area contributed by atoms with E-state index in [4.69, 9.17) is 0 Å². The maximum Gasteiger partial charge on any atom is 0.179 e. The molecule has 0 aliphatic rings. The van der Waals surface area contributed by atoms with Gasteiger partial charge >= 0.3 is 0 Å². The predicted octanol–water partition coefficient (Wildman–Crippen LogP) is 2.59. The van der Waals surface area contributed by atoms with Gasteiger partial charge in [-0.2, -0.15) is 0 Å². The molecule has 0 bridgehead atoms. The van der Waals surface area contributed by atoms with Crippen LogP contribution in [0, 0.1) is 5.41 Å². The summed E-state index contributed by atoms with van der Waals surface area (Å²) < 4.78 is 0. The number of aromatic nitrogens is 3. The minimum atomic E-state index is 0.236. The molecule has 86 valence electrons. The number of aromatic amines is 1. The fourth-order valence-electron chi connectivity index (χ4n) is 1.67. The SMILES string of the molecule is CNc1ccc2[nH]c(CC(C)(C)C)nc2n1. The molecule has 0 atom stereocenters. The number of hydrogen-bond acceptors (Lipinski definition) is 3. The maximum atomic E-state index is 4.50. The van der Waals surface area contributed by atoms with Crippen LogP contribution in [-0.2, 0) is 6.42 Å². The average Bonchev–Trinajstić information content (AvgIpc) is 2.55. The molecule has 16 heavy (non-hydrogen) atoms. The number of imidazole rings is 1. The van der Waals surface area contributed by atoms with E-state index in [2.05, 4.69) is 41.0 Å². The number of nitrogens with one attached hydrogen (secondary N) is 2. The highest BCUT2D eigenvalue weighted by Crippen LogP contribution is 2.20. The third-order valence-electron chi connectivity index (χ3n) is 2.35. The van der Waals surface area contributed by atoms with Gasteiger partial charge in [0.25, 0.3) is 0 Å². The number of fused-ring (bicyclic) bond motifs is 1. The van der Waals surface area contributed by atoms with E-state index in [-0.39, 0.29) is 5.41 Å². The molecule has 0 fully saturated rings. The second-order valence-electron chi connectivity index (χ2n) is 5.24. The van der Waals surface area contributed by atoms with E-state index in [0.29, 0.717) is 0 Å². The first kappa shape index (κ1) is 10.9. The van der Waals surface area contributed by atoms with Gasteiger partial charge in [0.05, 0.1) is 5.52 Å². The Morgan fingerprint density at radius 3 is 2.62 bits per heavy atom. The molecule has 2 aromatic rings. The fraction of sp³-hybridized carbons (Fsp3) is 0.500. The van der Waals surface area contributed by atoms with Gasteiger partial charge in [0, 0.05) is 13.5 Å². The lowest BCUT2D eigenvalue weighted by Gasteiger charge is -2.15. The highest BCUT2D eigenvalue weighted by molar-refractivity contribution is 5.72. The third-order valence-corrected chi connectivity index (χ3v) is 2.35. The first-order valence-corrected chi connectivity index (χ1v) is 5.51. The lowest BCUT2D eigenvalue weighted by atomic mass is 9.92. The van der Waals surface area contributed by atoms with Crippen molar-refractivity contribution in [2.75, 3.05) is 12.4 Å². The van der Waals surface area contributed by atoms with Crippen molar-refractivity contribution >= 4 is 17.0 Å². The van der Waals surface area contributed by atoms with Gasteiger partial charge in [0.2, 0.25) is 0 Å². The molecule has 4 heteroatoms. The van der Waals surface area contributed by atoms with Crippen molar-refractivity contribution in [2.45, 2.75) is 27.2 Å². The van der Waals surface area contributed by atoms with Crippen molar-refractivity contribution in [3.8, 4) is 0 Å². The molecule has 2 aromatic heterocycles. The summed E-state index contributed by atoms with van der Waals surface area (Å²) in [6, 6.07) is 3.95. The van der Waals surface area contributed by atoms with Gasteiger partial charge in [0.15, 0.2) is 5.65 Å². The Morgan fingerprint density at radius 2 is 2.00 bits per heavy atom. The van der Waals surface area contributed by atoms with Gasteiger partial charge in [-0.1, -0.05) is 20.8 Å². The third kappa shape index (κ3) is 2.32. The number of nitrogens with zero attached hydrogens (tertiary/aromatic N) is 2. The number of anilines is 1. The molecule has 0 aliphatic carbocycles. The number of pyridine rings is 1. The molecule has 2 rings (SSSR count). The Morgan fingerprint density at radius 1 is 1.25 bits per heavy atom. The smallest absolute Gasteiger partial charge is 0.179 e. The van der Waals surface area contributed by atoms with Crippen LogP contribution < -0.4 is 5.32 Å². The minimum absolute atomic E-state index is 0.236. The zero-order valence-corrected chi connectivity index (χ0v) is 10.3. The number of hydrogen-bond donors (Lipinski definition) is 2. The summed E-state index contributed by atoms with van der Waals surface area (Å²) in [5.41, 5.74) is 2.02. The van der Waals surface area contributed by atoms with Crippen molar-refractivity contribution in [1.29, 1.82) is 0 Å². The summed E-state index contributed by atoms with van der Waals surface area (Å²) in [4.78, 5) is 12.2. The van der Waals surface area contributed by atoms with Gasteiger partial charge in [-0.25, -0.2) is 9.97 Å². The van der Waals surface area contributed by atoms with E-state index in [1.165, 1.54) is 0 Å². The lowest BCUT2D eigenvalue weighted by molar-refractivity contribution is 0.402. The van der Waals surface area contributed by atoms with Crippen LogP contribution in [0.5, 0.6) is 0 Å². The molecular formula is C12H18N4. The van der Waals surface area contributed by atoms with Gasteiger partial charge < -0.3 is 10.3 Å². The molecule has 4 nitrogen and oxygen atoms in total. The number of rotatable bonds is 2. The van der Waals surface area contributed by atoms with Gasteiger partial charge in [-0.05, 0) is 17.5 Å². The Kier molecular flexibility index (Phi) is 2.58. The summed E-state index contributed by atoms with van der Waals surface area (Å²) in [6.07, 6.45) is 0.929. The number of H-pyrrole nitrogens is 1. The predicted molar refractivity (Wildman–Crippen MR) is 66.6 cm³/mol. The van der Waals surface area contributed by atoms with Crippen molar-refractivity contribution in [3.63, 3.8) is 0 Å². The first-order chi connectivity index (χ1) is 7.48. The average molecular weight is 218 g/mol. The van der Waals surface area contributed by atoms with E-state index in [1.807, 2.05) is 19.2 Å². The minimum Gasteiger partial charge on any atom is -0.373 e. The van der Waals surface area contributed by atoms with Crippen molar-refractivity contribution < 1.29 is 0 Å². The molecule has 0 saturated heterocycles. The molecular weight excluding hydrogens is 200 g/mol. The van der Waals surface area contributed by atoms with Crippen LogP contribution in [-0.4, -0.2) is 22.0 Å². The van der Waals surface area contributed by atoms with Crippen LogP contribution in [0.4, 0.5) is 5.82 Å². The molecule has 2 heterocycles. The molecule has 0 aliphatic heterocycles. The second kappa shape index (κ2) is 3.77. The van der Waals surface area contributed by atoms with Crippen molar-refractivity contribution in [1.82, 2.24) is 15.0 Å². The molecule has 0 spiro atoms. The summed E-state index contributed by atoms with van der Waals surface area (Å²) in [5.74, 6) is 1.85. The van der Waals surface area contributed by atoms with Crippen molar-refractivity contribution in [2.24, 2.45) is 5.41 Å². The van der Waals surface area contributed by atoms with Crippen LogP contribution in [0.3, 0.4) is 0 Å². The topological polar surface area (TPSA) is 53.6 Å². The van der Waals surface area contributed by atoms with E-state index < -0.39 is 0 Å². The quantitative estimate of drug-likeness (QED) is 0.814. The van der Waals surface area contributed by atoms with E-state index in [0.717, 1.165) is 29.2 Å². The van der Waals surface area contributed by atoms with Crippen LogP contribution >= 0.6 is 0 Å². The highest BCUT2D eigenvalue weighted by Gasteiger charge is 2.14. The van der Waals surface area contributed by atoms with E-state index in [1.54, 1.807) is 0 Å². The summed E-state index contributed by atoms with van der Waals surface area (Å²) >= 11 is 0. The largest absolute Gasteiger partial charge is 0.373 e. The second-order valence-corrected chi connectivity index (χ2v) is 5.24. The standard InChI is InChI=1S/C12H18N4/c1-12(2,3)7-10-14-8-5-6-9(13-4)15-11(8)16-10/h5-6H,7H2,1-4H3,(H2,13,14,15,16). The zero-order valence-electron chi connectivity index (χ0n) is 10.3. The molecule has 0 unspecified atom stereocenters. The lowest BCUT2D eigenvalue weighted by Crippen LogP contribution is -2.10.